The van der Waals surface area contributed by atoms with Crippen molar-refractivity contribution in [2.24, 2.45) is 0 Å². The Bertz CT molecular complexity index is 1050. The molecular formula is C24H32ClN3O2S. The van der Waals surface area contributed by atoms with Crippen molar-refractivity contribution in [1.29, 1.82) is 0 Å². The molecule has 0 bridgehead atoms. The number of nitrogens with zero attached hydrogens (tertiary/aromatic N) is 3. The van der Waals surface area contributed by atoms with Gasteiger partial charge in [0.2, 0.25) is 5.91 Å². The summed E-state index contributed by atoms with van der Waals surface area (Å²) in [4.78, 5) is 22.2. The number of rotatable bonds is 8. The first-order chi connectivity index (χ1) is 14.3. The number of hydrogen-bond acceptors (Lipinski definition) is 5. The van der Waals surface area contributed by atoms with Crippen LogP contribution in [0.15, 0.2) is 30.3 Å². The lowest BCUT2D eigenvalue weighted by atomic mass is 10.0. The maximum atomic E-state index is 13.4. The maximum absolute atomic E-state index is 13.4. The lowest BCUT2D eigenvalue weighted by Gasteiger charge is -2.21. The fraction of sp³-hybridized carbons (Fsp3) is 0.417. The van der Waals surface area contributed by atoms with E-state index in [1.54, 1.807) is 18.4 Å². The molecule has 31 heavy (non-hydrogen) atoms. The normalized spacial score (nSPS) is 10.9. The molecule has 0 N–H and O–H groups in total. The summed E-state index contributed by atoms with van der Waals surface area (Å²) < 4.78 is 6.58. The van der Waals surface area contributed by atoms with Gasteiger partial charge in [-0.15, -0.1) is 12.4 Å². The minimum atomic E-state index is 0. The van der Waals surface area contributed by atoms with E-state index in [0.717, 1.165) is 50.8 Å². The average molecular weight is 462 g/mol. The molecule has 1 amide bonds. The van der Waals surface area contributed by atoms with Crippen LogP contribution in [0.1, 0.15) is 28.7 Å². The molecule has 3 aromatic rings. The van der Waals surface area contributed by atoms with Crippen LogP contribution >= 0.6 is 23.7 Å². The Balaban J connectivity index is 0.00000341. The van der Waals surface area contributed by atoms with Gasteiger partial charge in [0.25, 0.3) is 0 Å². The van der Waals surface area contributed by atoms with Gasteiger partial charge >= 0.3 is 0 Å². The van der Waals surface area contributed by atoms with Crippen molar-refractivity contribution in [2.75, 3.05) is 39.2 Å². The number of amides is 1. The maximum Gasteiger partial charge on any atom is 0.233 e. The molecule has 0 radical (unpaired) electrons. The van der Waals surface area contributed by atoms with Gasteiger partial charge in [0.05, 0.1) is 18.2 Å². The molecule has 0 saturated carbocycles. The highest BCUT2D eigenvalue weighted by Crippen LogP contribution is 2.36. The molecule has 0 aliphatic carbocycles. The van der Waals surface area contributed by atoms with Gasteiger partial charge < -0.3 is 9.64 Å². The number of carbonyl (C=O) groups excluding carboxylic acids is 1. The third-order valence-electron chi connectivity index (χ3n) is 5.27. The molecule has 0 unspecified atom stereocenters. The van der Waals surface area contributed by atoms with E-state index in [0.29, 0.717) is 13.0 Å². The Labute approximate surface area is 195 Å². The van der Waals surface area contributed by atoms with Crippen LogP contribution in [0, 0.1) is 20.8 Å². The molecule has 0 aliphatic rings. The van der Waals surface area contributed by atoms with Gasteiger partial charge in [0.15, 0.2) is 5.13 Å². The zero-order valence-electron chi connectivity index (χ0n) is 19.2. The molecule has 3 rings (SSSR count). The number of thiazole rings is 1. The third kappa shape index (κ3) is 5.97. The molecule has 0 saturated heterocycles. The first-order valence-corrected chi connectivity index (χ1v) is 11.1. The lowest BCUT2D eigenvalue weighted by Crippen LogP contribution is -2.34. The van der Waals surface area contributed by atoms with Gasteiger partial charge in [-0.05, 0) is 70.6 Å². The van der Waals surface area contributed by atoms with Crippen molar-refractivity contribution in [2.45, 2.75) is 33.6 Å². The molecule has 0 atom stereocenters. The highest BCUT2D eigenvalue weighted by atomic mass is 35.5. The molecule has 1 heterocycles. The predicted molar refractivity (Wildman–Crippen MR) is 133 cm³/mol. The van der Waals surface area contributed by atoms with Crippen LogP contribution in [-0.2, 0) is 11.2 Å². The third-order valence-corrected chi connectivity index (χ3v) is 6.48. The zero-order chi connectivity index (χ0) is 21.8. The number of halogens is 1. The minimum absolute atomic E-state index is 0. The smallest absolute Gasteiger partial charge is 0.233 e. The molecule has 0 fully saturated rings. The van der Waals surface area contributed by atoms with Crippen molar-refractivity contribution in [3.05, 3.63) is 52.6 Å². The summed E-state index contributed by atoms with van der Waals surface area (Å²) in [7, 11) is 5.75. The molecule has 0 aliphatic heterocycles. The highest BCUT2D eigenvalue weighted by molar-refractivity contribution is 7.22. The van der Waals surface area contributed by atoms with E-state index in [4.69, 9.17) is 9.72 Å². The molecule has 2 aromatic carbocycles. The first kappa shape index (κ1) is 25.1. The number of methoxy groups -OCH3 is 1. The van der Waals surface area contributed by atoms with Crippen LogP contribution in [0.25, 0.3) is 10.2 Å². The van der Waals surface area contributed by atoms with E-state index in [1.165, 1.54) is 5.56 Å². The van der Waals surface area contributed by atoms with E-state index in [1.807, 2.05) is 31.1 Å². The van der Waals surface area contributed by atoms with E-state index >= 15 is 0 Å². The number of anilines is 1. The highest BCUT2D eigenvalue weighted by Gasteiger charge is 2.22. The Hall–Kier alpha value is -2.15. The van der Waals surface area contributed by atoms with E-state index in [-0.39, 0.29) is 18.3 Å². The molecule has 0 spiro atoms. The van der Waals surface area contributed by atoms with Crippen molar-refractivity contribution >= 4 is 45.0 Å². The van der Waals surface area contributed by atoms with Crippen LogP contribution < -0.4 is 9.64 Å². The molecule has 168 valence electrons. The van der Waals surface area contributed by atoms with Gasteiger partial charge in [0, 0.05) is 6.54 Å². The number of fused-ring (bicyclic) bond motifs is 1. The summed E-state index contributed by atoms with van der Waals surface area (Å²) in [5, 5.41) is 0.742. The second-order valence-corrected chi connectivity index (χ2v) is 9.05. The topological polar surface area (TPSA) is 45.7 Å². The van der Waals surface area contributed by atoms with Crippen molar-refractivity contribution in [3.63, 3.8) is 0 Å². The largest absolute Gasteiger partial charge is 0.494 e. The quantitative estimate of drug-likeness (QED) is 0.463. The fourth-order valence-corrected chi connectivity index (χ4v) is 4.65. The van der Waals surface area contributed by atoms with Crippen LogP contribution in [0.2, 0.25) is 0 Å². The fourth-order valence-electron chi connectivity index (χ4n) is 3.55. The Morgan fingerprint density at radius 3 is 2.45 bits per heavy atom. The standard InChI is InChI=1S/C24H31N3O2S.ClH/c1-16-8-10-19(18(3)14-16)15-21(28)27(13-7-12-26(4)5)24-25-22-20(29-6)11-9-17(2)23(22)30-24;/h8-11,14H,7,12-13,15H2,1-6H3;1H. The number of carbonyl (C=O) groups is 1. The number of hydrogen-bond donors (Lipinski definition) is 0. The Morgan fingerprint density at radius 1 is 1.06 bits per heavy atom. The van der Waals surface area contributed by atoms with Gasteiger partial charge in [-0.1, -0.05) is 41.2 Å². The summed E-state index contributed by atoms with van der Waals surface area (Å²) in [5.41, 5.74) is 5.40. The number of ether oxygens (including phenoxy) is 1. The lowest BCUT2D eigenvalue weighted by molar-refractivity contribution is -0.118. The Morgan fingerprint density at radius 2 is 1.81 bits per heavy atom. The zero-order valence-corrected chi connectivity index (χ0v) is 20.8. The SMILES string of the molecule is COc1ccc(C)c2sc(N(CCCN(C)C)C(=O)Cc3ccc(C)cc3C)nc12.Cl. The van der Waals surface area contributed by atoms with Crippen LogP contribution in [0.5, 0.6) is 5.75 Å². The minimum Gasteiger partial charge on any atom is -0.494 e. The number of benzene rings is 2. The van der Waals surface area contributed by atoms with Crippen LogP contribution in [0.4, 0.5) is 5.13 Å². The van der Waals surface area contributed by atoms with Gasteiger partial charge in [-0.2, -0.15) is 0 Å². The summed E-state index contributed by atoms with van der Waals surface area (Å²) in [6.45, 7) is 7.77. The molecular weight excluding hydrogens is 430 g/mol. The number of aryl methyl sites for hydroxylation is 3. The van der Waals surface area contributed by atoms with E-state index < -0.39 is 0 Å². The summed E-state index contributed by atoms with van der Waals surface area (Å²) in [6.07, 6.45) is 1.26. The molecule has 1 aromatic heterocycles. The second-order valence-electron chi connectivity index (χ2n) is 8.07. The summed E-state index contributed by atoms with van der Waals surface area (Å²) in [6, 6.07) is 10.2. The van der Waals surface area contributed by atoms with Crippen LogP contribution in [-0.4, -0.2) is 50.1 Å². The van der Waals surface area contributed by atoms with E-state index in [2.05, 4.69) is 43.9 Å². The van der Waals surface area contributed by atoms with E-state index in [9.17, 15) is 4.79 Å². The Kier molecular flexibility index (Phi) is 8.86. The average Bonchev–Trinajstić information content (AvgIpc) is 3.13. The molecule has 7 heteroatoms. The summed E-state index contributed by atoms with van der Waals surface area (Å²) >= 11 is 1.57. The number of aromatic nitrogens is 1. The van der Waals surface area contributed by atoms with Gasteiger partial charge in [0.1, 0.15) is 11.3 Å². The predicted octanol–water partition coefficient (Wildman–Crippen LogP) is 5.18. The van der Waals surface area contributed by atoms with Crippen LogP contribution in [0.3, 0.4) is 0 Å². The van der Waals surface area contributed by atoms with Crippen molar-refractivity contribution in [1.82, 2.24) is 9.88 Å². The van der Waals surface area contributed by atoms with Crippen molar-refractivity contribution < 1.29 is 9.53 Å². The van der Waals surface area contributed by atoms with Crippen molar-refractivity contribution in [3.8, 4) is 5.75 Å². The second kappa shape index (κ2) is 10.9. The van der Waals surface area contributed by atoms with Gasteiger partial charge in [-0.3, -0.25) is 9.69 Å². The summed E-state index contributed by atoms with van der Waals surface area (Å²) in [5.74, 6) is 0.824. The monoisotopic (exact) mass is 461 g/mol. The first-order valence-electron chi connectivity index (χ1n) is 10.3. The molecule has 5 nitrogen and oxygen atoms in total. The van der Waals surface area contributed by atoms with Gasteiger partial charge in [-0.25, -0.2) is 4.98 Å².